The Morgan fingerprint density at radius 1 is 1.44 bits per heavy atom. The van der Waals surface area contributed by atoms with Crippen molar-refractivity contribution in [2.75, 3.05) is 19.6 Å². The molecule has 1 aliphatic rings. The van der Waals surface area contributed by atoms with Crippen LogP contribution in [0.3, 0.4) is 0 Å². The maximum Gasteiger partial charge on any atom is 0.136 e. The molecule has 2 atom stereocenters. The molecule has 0 radical (unpaired) electrons. The van der Waals surface area contributed by atoms with Crippen molar-refractivity contribution in [1.82, 2.24) is 4.90 Å². The predicted octanol–water partition coefficient (Wildman–Crippen LogP) is 1.69. The van der Waals surface area contributed by atoms with Crippen molar-refractivity contribution >= 4 is 5.78 Å². The number of likely N-dealkylation sites (tertiary alicyclic amines) is 1. The number of hydrogen-bond donors (Lipinski definition) is 1. The van der Waals surface area contributed by atoms with Crippen LogP contribution < -0.4 is 0 Å². The van der Waals surface area contributed by atoms with E-state index in [9.17, 15) is 9.90 Å². The van der Waals surface area contributed by atoms with Crippen LogP contribution in [0, 0.1) is 11.3 Å². The van der Waals surface area contributed by atoms with Crippen molar-refractivity contribution in [3.63, 3.8) is 0 Å². The second kappa shape index (κ2) is 5.28. The number of carbonyl (C=O) groups is 1. The number of piperidine rings is 1. The highest BCUT2D eigenvalue weighted by atomic mass is 16.3. The molecule has 0 saturated carbocycles. The predicted molar refractivity (Wildman–Crippen MR) is 65.3 cm³/mol. The van der Waals surface area contributed by atoms with E-state index in [1.165, 1.54) is 0 Å². The smallest absolute Gasteiger partial charge is 0.136 e. The fourth-order valence-corrected chi connectivity index (χ4v) is 2.10. The van der Waals surface area contributed by atoms with Crippen LogP contribution in [-0.4, -0.2) is 41.5 Å². The zero-order valence-corrected chi connectivity index (χ0v) is 11.0. The fourth-order valence-electron chi connectivity index (χ4n) is 2.10. The molecule has 94 valence electrons. The lowest BCUT2D eigenvalue weighted by Gasteiger charge is -2.36. The van der Waals surface area contributed by atoms with Crippen LogP contribution in [0.1, 0.15) is 40.5 Å². The van der Waals surface area contributed by atoms with E-state index in [0.29, 0.717) is 5.41 Å². The van der Waals surface area contributed by atoms with Crippen molar-refractivity contribution in [2.24, 2.45) is 11.3 Å². The van der Waals surface area contributed by atoms with E-state index in [0.717, 1.165) is 32.5 Å². The monoisotopic (exact) mass is 227 g/mol. The summed E-state index contributed by atoms with van der Waals surface area (Å²) in [5.74, 6) is -0.0540. The second-order valence-electron chi connectivity index (χ2n) is 6.18. The summed E-state index contributed by atoms with van der Waals surface area (Å²) < 4.78 is 0. The van der Waals surface area contributed by atoms with Crippen LogP contribution in [-0.2, 0) is 4.79 Å². The number of Topliss-reactive ketones (excluding diaryl/α,β-unsaturated/α-hetero) is 1. The van der Waals surface area contributed by atoms with Gasteiger partial charge < -0.3 is 10.0 Å². The Morgan fingerprint density at radius 2 is 2.06 bits per heavy atom. The number of ketones is 1. The normalized spacial score (nSPS) is 28.1. The molecular formula is C13H25NO2. The number of nitrogens with zero attached hydrogens (tertiary/aromatic N) is 1. The molecule has 1 N–H and O–H groups in total. The van der Waals surface area contributed by atoms with Crippen LogP contribution in [0.15, 0.2) is 0 Å². The van der Waals surface area contributed by atoms with Gasteiger partial charge in [0.25, 0.3) is 0 Å². The molecule has 0 bridgehead atoms. The minimum Gasteiger partial charge on any atom is -0.392 e. The number of hydrogen-bond acceptors (Lipinski definition) is 3. The Kier molecular flexibility index (Phi) is 4.51. The van der Waals surface area contributed by atoms with E-state index in [-0.39, 0.29) is 11.7 Å². The van der Waals surface area contributed by atoms with Gasteiger partial charge in [-0.05, 0) is 31.7 Å². The molecule has 0 aromatic heterocycles. The van der Waals surface area contributed by atoms with Crippen LogP contribution in [0.5, 0.6) is 0 Å². The van der Waals surface area contributed by atoms with E-state index in [2.05, 4.69) is 25.7 Å². The molecule has 1 heterocycles. The average Bonchev–Trinajstić information content (AvgIpc) is 2.14. The topological polar surface area (TPSA) is 40.5 Å². The van der Waals surface area contributed by atoms with Gasteiger partial charge in [-0.15, -0.1) is 0 Å². The maximum absolute atomic E-state index is 11.4. The molecule has 0 amide bonds. The van der Waals surface area contributed by atoms with E-state index in [1.54, 1.807) is 6.92 Å². The van der Waals surface area contributed by atoms with E-state index in [4.69, 9.17) is 0 Å². The van der Waals surface area contributed by atoms with E-state index >= 15 is 0 Å². The van der Waals surface area contributed by atoms with Crippen LogP contribution >= 0.6 is 0 Å². The van der Waals surface area contributed by atoms with Gasteiger partial charge in [0.2, 0.25) is 0 Å². The van der Waals surface area contributed by atoms with Gasteiger partial charge in [-0.2, -0.15) is 0 Å². The quantitative estimate of drug-likeness (QED) is 0.797. The van der Waals surface area contributed by atoms with Crippen LogP contribution in [0.4, 0.5) is 0 Å². The number of carbonyl (C=O) groups excluding carboxylic acids is 1. The van der Waals surface area contributed by atoms with Gasteiger partial charge in [-0.25, -0.2) is 0 Å². The molecule has 0 aliphatic carbocycles. The molecule has 1 aliphatic heterocycles. The fraction of sp³-hybridized carbons (Fsp3) is 0.923. The third kappa shape index (κ3) is 4.22. The molecule has 1 saturated heterocycles. The van der Waals surface area contributed by atoms with Crippen molar-refractivity contribution in [1.29, 1.82) is 0 Å². The first-order valence-corrected chi connectivity index (χ1v) is 6.20. The molecule has 0 aromatic carbocycles. The van der Waals surface area contributed by atoms with Gasteiger partial charge in [0.05, 0.1) is 12.0 Å². The molecule has 3 heteroatoms. The van der Waals surface area contributed by atoms with Crippen LogP contribution in [0.25, 0.3) is 0 Å². The van der Waals surface area contributed by atoms with E-state index in [1.807, 2.05) is 0 Å². The summed E-state index contributed by atoms with van der Waals surface area (Å²) in [4.78, 5) is 13.7. The first kappa shape index (κ1) is 13.7. The molecule has 1 fully saturated rings. The average molecular weight is 227 g/mol. The molecule has 1 rings (SSSR count). The van der Waals surface area contributed by atoms with Gasteiger partial charge in [-0.3, -0.25) is 4.79 Å². The molecule has 2 unspecified atom stereocenters. The van der Waals surface area contributed by atoms with Crippen LogP contribution in [0.2, 0.25) is 0 Å². The van der Waals surface area contributed by atoms with Gasteiger partial charge in [0.1, 0.15) is 5.78 Å². The first-order valence-electron chi connectivity index (χ1n) is 6.20. The number of rotatable bonds is 3. The summed E-state index contributed by atoms with van der Waals surface area (Å²) in [6.07, 6.45) is 1.44. The van der Waals surface area contributed by atoms with Crippen molar-refractivity contribution < 1.29 is 9.90 Å². The second-order valence-corrected chi connectivity index (χ2v) is 6.18. The highest BCUT2D eigenvalue weighted by Crippen LogP contribution is 2.22. The zero-order valence-electron chi connectivity index (χ0n) is 11.0. The number of aliphatic hydroxyl groups is 1. The van der Waals surface area contributed by atoms with Crippen molar-refractivity contribution in [3.05, 3.63) is 0 Å². The minimum absolute atomic E-state index is 0.118. The maximum atomic E-state index is 11.4. The molecular weight excluding hydrogens is 202 g/mol. The summed E-state index contributed by atoms with van der Waals surface area (Å²) in [5.41, 5.74) is 0.335. The lowest BCUT2D eigenvalue weighted by molar-refractivity contribution is -0.127. The summed E-state index contributed by atoms with van der Waals surface area (Å²) in [7, 11) is 0. The van der Waals surface area contributed by atoms with Gasteiger partial charge in [0.15, 0.2) is 0 Å². The summed E-state index contributed by atoms with van der Waals surface area (Å²) in [6, 6.07) is 0. The first-order chi connectivity index (χ1) is 7.29. The summed E-state index contributed by atoms with van der Waals surface area (Å²) in [6.45, 7) is 10.9. The lowest BCUT2D eigenvalue weighted by atomic mass is 9.89. The largest absolute Gasteiger partial charge is 0.392 e. The molecule has 16 heavy (non-hydrogen) atoms. The standard InChI is InChI=1S/C13H25NO2/c1-10(15)11-9-14(7-5-12(11)16)8-6-13(2,3)4/h11-12,16H,5-9H2,1-4H3. The third-order valence-electron chi connectivity index (χ3n) is 3.36. The summed E-state index contributed by atoms with van der Waals surface area (Å²) >= 11 is 0. The van der Waals surface area contributed by atoms with Crippen molar-refractivity contribution in [3.8, 4) is 0 Å². The highest BCUT2D eigenvalue weighted by Gasteiger charge is 2.30. The highest BCUT2D eigenvalue weighted by molar-refractivity contribution is 5.79. The lowest BCUT2D eigenvalue weighted by Crippen LogP contribution is -2.46. The summed E-state index contributed by atoms with van der Waals surface area (Å²) in [5, 5.41) is 9.74. The Balaban J connectivity index is 2.43. The molecule has 3 nitrogen and oxygen atoms in total. The SMILES string of the molecule is CC(=O)C1CN(CCC(C)(C)C)CCC1O. The van der Waals surface area contributed by atoms with Crippen molar-refractivity contribution in [2.45, 2.75) is 46.6 Å². The molecule has 0 spiro atoms. The van der Waals surface area contributed by atoms with Gasteiger partial charge in [0, 0.05) is 13.1 Å². The zero-order chi connectivity index (χ0) is 12.3. The Bertz CT molecular complexity index is 245. The Labute approximate surface area is 98.8 Å². The minimum atomic E-state index is -0.427. The Morgan fingerprint density at radius 3 is 2.56 bits per heavy atom. The number of aliphatic hydroxyl groups excluding tert-OH is 1. The third-order valence-corrected chi connectivity index (χ3v) is 3.36. The molecule has 0 aromatic rings. The Hall–Kier alpha value is -0.410. The van der Waals surface area contributed by atoms with Gasteiger partial charge >= 0.3 is 0 Å². The van der Waals surface area contributed by atoms with E-state index < -0.39 is 6.10 Å². The van der Waals surface area contributed by atoms with Gasteiger partial charge in [-0.1, -0.05) is 20.8 Å².